The van der Waals surface area contributed by atoms with Gasteiger partial charge in [0.1, 0.15) is 5.71 Å². The lowest BCUT2D eigenvalue weighted by Crippen LogP contribution is -2.37. The van der Waals surface area contributed by atoms with Gasteiger partial charge in [-0.3, -0.25) is 14.6 Å². The molecule has 0 radical (unpaired) electrons. The van der Waals surface area contributed by atoms with E-state index >= 15 is 0 Å². The maximum Gasteiger partial charge on any atom is 0.273 e. The third-order valence-electron chi connectivity index (χ3n) is 4.36. The lowest BCUT2D eigenvalue weighted by molar-refractivity contribution is -0.110. The first-order valence-electron chi connectivity index (χ1n) is 7.94. The van der Waals surface area contributed by atoms with Crippen LogP contribution in [0.25, 0.3) is 0 Å². The highest BCUT2D eigenvalue weighted by molar-refractivity contribution is 7.12. The Bertz CT molecular complexity index is 822. The standard InChI is InChI=1S/C17H16N4O3S/c22-15(19-12-3-1-6-18-10-12)13-9-17(24-20-13)5-7-21(11-17)16(23)14-4-2-8-25-14/h1-4,6,8,10H,5,7,9,11H2,(H,19,22)/t17-/m1/s1. The van der Waals surface area contributed by atoms with Crippen LogP contribution in [-0.2, 0) is 9.63 Å². The summed E-state index contributed by atoms with van der Waals surface area (Å²) in [6.45, 7) is 1.04. The minimum Gasteiger partial charge on any atom is -0.386 e. The van der Waals surface area contributed by atoms with Crippen molar-refractivity contribution in [2.24, 2.45) is 5.16 Å². The van der Waals surface area contributed by atoms with Crippen LogP contribution < -0.4 is 5.32 Å². The number of pyridine rings is 1. The van der Waals surface area contributed by atoms with Gasteiger partial charge in [-0.15, -0.1) is 11.3 Å². The summed E-state index contributed by atoms with van der Waals surface area (Å²) in [5, 5.41) is 8.61. The molecule has 4 heterocycles. The quantitative estimate of drug-likeness (QED) is 0.913. The molecule has 8 heteroatoms. The summed E-state index contributed by atoms with van der Waals surface area (Å²) >= 11 is 1.42. The van der Waals surface area contributed by atoms with Gasteiger partial charge >= 0.3 is 0 Å². The number of anilines is 1. The third-order valence-corrected chi connectivity index (χ3v) is 5.21. The molecule has 25 heavy (non-hydrogen) atoms. The van der Waals surface area contributed by atoms with E-state index in [0.29, 0.717) is 42.2 Å². The first-order valence-corrected chi connectivity index (χ1v) is 8.82. The Hall–Kier alpha value is -2.74. The average molecular weight is 356 g/mol. The Morgan fingerprint density at radius 1 is 1.32 bits per heavy atom. The maximum absolute atomic E-state index is 12.5. The Kier molecular flexibility index (Phi) is 3.96. The zero-order valence-corrected chi connectivity index (χ0v) is 14.2. The molecule has 1 fully saturated rings. The van der Waals surface area contributed by atoms with Crippen LogP contribution in [0.1, 0.15) is 22.5 Å². The van der Waals surface area contributed by atoms with Crippen molar-refractivity contribution in [3.63, 3.8) is 0 Å². The van der Waals surface area contributed by atoms with E-state index in [9.17, 15) is 9.59 Å². The van der Waals surface area contributed by atoms with Gasteiger partial charge in [0.15, 0.2) is 5.60 Å². The summed E-state index contributed by atoms with van der Waals surface area (Å²) in [6, 6.07) is 7.18. The molecule has 0 aliphatic carbocycles. The molecule has 1 N–H and O–H groups in total. The number of carbonyl (C=O) groups is 2. The molecule has 0 unspecified atom stereocenters. The van der Waals surface area contributed by atoms with Gasteiger partial charge in [-0.2, -0.15) is 0 Å². The number of likely N-dealkylation sites (tertiary alicyclic amines) is 1. The predicted molar refractivity (Wildman–Crippen MR) is 93.6 cm³/mol. The number of hydrogen-bond donors (Lipinski definition) is 1. The summed E-state index contributed by atoms with van der Waals surface area (Å²) in [4.78, 5) is 36.8. The molecule has 0 saturated carbocycles. The smallest absolute Gasteiger partial charge is 0.273 e. The van der Waals surface area contributed by atoms with E-state index in [4.69, 9.17) is 4.84 Å². The summed E-state index contributed by atoms with van der Waals surface area (Å²) < 4.78 is 0. The van der Waals surface area contributed by atoms with Crippen LogP contribution >= 0.6 is 11.3 Å². The number of thiophene rings is 1. The second-order valence-corrected chi connectivity index (χ2v) is 7.09. The molecule has 2 aliphatic rings. The zero-order valence-electron chi connectivity index (χ0n) is 13.3. The second-order valence-electron chi connectivity index (χ2n) is 6.14. The third kappa shape index (κ3) is 3.12. The number of nitrogens with zero attached hydrogens (tertiary/aromatic N) is 3. The van der Waals surface area contributed by atoms with E-state index in [1.165, 1.54) is 11.3 Å². The molecule has 0 bridgehead atoms. The lowest BCUT2D eigenvalue weighted by atomic mass is 9.96. The fourth-order valence-electron chi connectivity index (χ4n) is 3.08. The van der Waals surface area contributed by atoms with Gasteiger partial charge in [0.2, 0.25) is 0 Å². The first kappa shape index (κ1) is 15.8. The highest BCUT2D eigenvalue weighted by atomic mass is 32.1. The molecule has 2 aromatic heterocycles. The molecule has 1 spiro atoms. The van der Waals surface area contributed by atoms with E-state index in [2.05, 4.69) is 15.5 Å². The van der Waals surface area contributed by atoms with Crippen molar-refractivity contribution in [3.05, 3.63) is 46.9 Å². The molecule has 2 amide bonds. The number of carbonyl (C=O) groups excluding carboxylic acids is 2. The minimum absolute atomic E-state index is 0.00346. The molecule has 4 rings (SSSR count). The van der Waals surface area contributed by atoms with Gasteiger partial charge in [-0.05, 0) is 23.6 Å². The van der Waals surface area contributed by atoms with Gasteiger partial charge < -0.3 is 15.1 Å². The Labute approximate surface area is 148 Å². The highest BCUT2D eigenvalue weighted by Crippen LogP contribution is 2.35. The minimum atomic E-state index is -0.589. The molecule has 0 aromatic carbocycles. The number of hydrogen-bond acceptors (Lipinski definition) is 6. The van der Waals surface area contributed by atoms with Gasteiger partial charge in [-0.25, -0.2) is 0 Å². The molecular weight excluding hydrogens is 340 g/mol. The van der Waals surface area contributed by atoms with Crippen LogP contribution in [0.2, 0.25) is 0 Å². The van der Waals surface area contributed by atoms with E-state index < -0.39 is 5.60 Å². The number of rotatable bonds is 3. The monoisotopic (exact) mass is 356 g/mol. The van der Waals surface area contributed by atoms with Crippen molar-refractivity contribution in [3.8, 4) is 0 Å². The molecule has 2 aromatic rings. The van der Waals surface area contributed by atoms with Crippen LogP contribution in [0.3, 0.4) is 0 Å². The van der Waals surface area contributed by atoms with E-state index in [1.54, 1.807) is 29.4 Å². The summed E-state index contributed by atoms with van der Waals surface area (Å²) in [5.74, 6) is -0.295. The SMILES string of the molecule is O=C(Nc1cccnc1)C1=NO[C@]2(CCN(C(=O)c3cccs3)C2)C1. The van der Waals surface area contributed by atoms with Crippen molar-refractivity contribution < 1.29 is 14.4 Å². The van der Waals surface area contributed by atoms with Gasteiger partial charge in [0, 0.05) is 25.6 Å². The maximum atomic E-state index is 12.5. The molecule has 128 valence electrons. The fraction of sp³-hybridized carbons (Fsp3) is 0.294. The molecule has 2 aliphatic heterocycles. The molecule has 1 saturated heterocycles. The Morgan fingerprint density at radius 2 is 2.24 bits per heavy atom. The highest BCUT2D eigenvalue weighted by Gasteiger charge is 2.48. The lowest BCUT2D eigenvalue weighted by Gasteiger charge is -2.21. The van der Waals surface area contributed by atoms with Gasteiger partial charge in [-0.1, -0.05) is 11.2 Å². The number of aromatic nitrogens is 1. The van der Waals surface area contributed by atoms with Crippen molar-refractivity contribution in [1.82, 2.24) is 9.88 Å². The van der Waals surface area contributed by atoms with Gasteiger partial charge in [0.25, 0.3) is 11.8 Å². The molecular formula is C17H16N4O3S. The number of amides is 2. The average Bonchev–Trinajstić information content (AvgIpc) is 3.37. The van der Waals surface area contributed by atoms with Crippen LogP contribution in [0.5, 0.6) is 0 Å². The number of oxime groups is 1. The van der Waals surface area contributed by atoms with Crippen LogP contribution in [0.15, 0.2) is 47.2 Å². The van der Waals surface area contributed by atoms with E-state index in [-0.39, 0.29) is 11.8 Å². The largest absolute Gasteiger partial charge is 0.386 e. The van der Waals surface area contributed by atoms with E-state index in [1.807, 2.05) is 17.5 Å². The van der Waals surface area contributed by atoms with Crippen molar-refractivity contribution in [2.75, 3.05) is 18.4 Å². The van der Waals surface area contributed by atoms with Crippen LogP contribution in [0, 0.1) is 0 Å². The normalized spacial score (nSPS) is 21.9. The second kappa shape index (κ2) is 6.29. The first-order chi connectivity index (χ1) is 12.2. The fourth-order valence-corrected chi connectivity index (χ4v) is 3.77. The number of nitrogens with one attached hydrogen (secondary N) is 1. The predicted octanol–water partition coefficient (Wildman–Crippen LogP) is 2.14. The van der Waals surface area contributed by atoms with Crippen molar-refractivity contribution >= 4 is 34.6 Å². The van der Waals surface area contributed by atoms with E-state index in [0.717, 1.165) is 0 Å². The summed E-state index contributed by atoms with van der Waals surface area (Å²) in [5.41, 5.74) is 0.362. The Morgan fingerprint density at radius 3 is 3.00 bits per heavy atom. The van der Waals surface area contributed by atoms with Gasteiger partial charge in [0.05, 0.1) is 23.3 Å². The van der Waals surface area contributed by atoms with Crippen molar-refractivity contribution in [1.29, 1.82) is 0 Å². The molecule has 1 atom stereocenters. The van der Waals surface area contributed by atoms with Crippen molar-refractivity contribution in [2.45, 2.75) is 18.4 Å². The zero-order chi connectivity index (χ0) is 17.3. The van der Waals surface area contributed by atoms with Crippen LogP contribution in [-0.4, -0.2) is 46.1 Å². The summed E-state index contributed by atoms with van der Waals surface area (Å²) in [6.07, 6.45) is 4.27. The molecule has 7 nitrogen and oxygen atoms in total. The van der Waals surface area contributed by atoms with Crippen LogP contribution in [0.4, 0.5) is 5.69 Å². The Balaban J connectivity index is 1.38. The topological polar surface area (TPSA) is 83.9 Å². The summed E-state index contributed by atoms with van der Waals surface area (Å²) in [7, 11) is 0.